The van der Waals surface area contributed by atoms with E-state index in [2.05, 4.69) is 67.2 Å². The molecule has 0 amide bonds. The lowest BCUT2D eigenvalue weighted by Crippen LogP contribution is -2.31. The van der Waals surface area contributed by atoms with E-state index in [0.717, 1.165) is 89.5 Å². The fourth-order valence-corrected chi connectivity index (χ4v) is 5.64. The summed E-state index contributed by atoms with van der Waals surface area (Å²) in [5.74, 6) is 1.04. The Bertz CT molecular complexity index is 1920. The fraction of sp³-hybridized carbons (Fsp3) is 0.212. The summed E-state index contributed by atoms with van der Waals surface area (Å²) in [7, 11) is 2.00. The molecule has 7 rings (SSSR count). The van der Waals surface area contributed by atoms with E-state index in [0.29, 0.717) is 0 Å². The van der Waals surface area contributed by atoms with Crippen LogP contribution < -0.4 is 4.90 Å². The smallest absolute Gasteiger partial charge is 0.234 e. The topological polar surface area (TPSA) is 99.7 Å². The van der Waals surface area contributed by atoms with Crippen molar-refractivity contribution in [2.75, 3.05) is 31.1 Å². The molecule has 1 aliphatic heterocycles. The maximum absolute atomic E-state index is 9.16. The number of nitriles is 1. The number of benzene rings is 3. The van der Waals surface area contributed by atoms with Gasteiger partial charge in [0.2, 0.25) is 5.82 Å². The van der Waals surface area contributed by atoms with Gasteiger partial charge in [0.1, 0.15) is 11.9 Å². The largest absolute Gasteiger partial charge is 0.355 e. The summed E-state index contributed by atoms with van der Waals surface area (Å²) in [6.07, 6.45) is 4.51. The van der Waals surface area contributed by atoms with Gasteiger partial charge in [-0.05, 0) is 30.2 Å². The van der Waals surface area contributed by atoms with Crippen molar-refractivity contribution >= 4 is 27.9 Å². The summed E-state index contributed by atoms with van der Waals surface area (Å²) in [4.78, 5) is 27.9. The maximum atomic E-state index is 9.16. The van der Waals surface area contributed by atoms with Gasteiger partial charge in [-0.15, -0.1) is 0 Å². The van der Waals surface area contributed by atoms with E-state index in [4.69, 9.17) is 15.2 Å². The number of nitrogens with zero attached hydrogens (tertiary/aromatic N) is 9. The number of hydrogen-bond donors (Lipinski definition) is 0. The Morgan fingerprint density at radius 1 is 0.762 bits per heavy atom. The molecule has 6 aromatic rings. The van der Waals surface area contributed by atoms with Crippen molar-refractivity contribution in [3.8, 4) is 28.6 Å². The third kappa shape index (κ3) is 5.04. The molecule has 3 aromatic heterocycles. The molecule has 0 aliphatic carbocycles. The van der Waals surface area contributed by atoms with Crippen LogP contribution in [0.5, 0.6) is 0 Å². The Morgan fingerprint density at radius 3 is 2.31 bits per heavy atom. The van der Waals surface area contributed by atoms with E-state index < -0.39 is 0 Å². The predicted octanol–water partition coefficient (Wildman–Crippen LogP) is 5.22. The van der Waals surface area contributed by atoms with Crippen LogP contribution in [-0.2, 0) is 13.6 Å². The van der Waals surface area contributed by atoms with Crippen LogP contribution in [0.4, 0.5) is 5.82 Å². The number of rotatable bonds is 5. The van der Waals surface area contributed by atoms with Crippen LogP contribution in [0.3, 0.4) is 0 Å². The zero-order valence-corrected chi connectivity index (χ0v) is 23.4. The highest BCUT2D eigenvalue weighted by Crippen LogP contribution is 2.32. The molecule has 1 aliphatic rings. The number of hydrogen-bond acceptors (Lipinski definition) is 8. The van der Waals surface area contributed by atoms with Gasteiger partial charge in [-0.3, -0.25) is 4.90 Å². The quantitative estimate of drug-likeness (QED) is 0.287. The summed E-state index contributed by atoms with van der Waals surface area (Å²) in [5, 5.41) is 9.16. The summed E-state index contributed by atoms with van der Waals surface area (Å²) >= 11 is 0. The highest BCUT2D eigenvalue weighted by molar-refractivity contribution is 5.94. The van der Waals surface area contributed by atoms with Crippen molar-refractivity contribution in [1.29, 1.82) is 5.26 Å². The zero-order chi connectivity index (χ0) is 28.5. The average molecular weight is 552 g/mol. The van der Waals surface area contributed by atoms with Crippen molar-refractivity contribution in [1.82, 2.24) is 34.4 Å². The van der Waals surface area contributed by atoms with Crippen molar-refractivity contribution in [3.63, 3.8) is 0 Å². The van der Waals surface area contributed by atoms with Crippen LogP contribution >= 0.6 is 0 Å². The third-order valence-corrected chi connectivity index (χ3v) is 7.84. The van der Waals surface area contributed by atoms with E-state index >= 15 is 0 Å². The summed E-state index contributed by atoms with van der Waals surface area (Å²) in [6, 6.07) is 27.0. The molecule has 0 radical (unpaired) electrons. The molecule has 3 aromatic carbocycles. The van der Waals surface area contributed by atoms with Gasteiger partial charge in [0.25, 0.3) is 0 Å². The zero-order valence-electron chi connectivity index (χ0n) is 23.4. The van der Waals surface area contributed by atoms with Gasteiger partial charge in [-0.25, -0.2) is 24.9 Å². The molecule has 4 heterocycles. The minimum absolute atomic E-state index is 0.213. The maximum Gasteiger partial charge on any atom is 0.234 e. The first-order valence-corrected chi connectivity index (χ1v) is 14.1. The van der Waals surface area contributed by atoms with Gasteiger partial charge in [-0.1, -0.05) is 54.6 Å². The molecule has 0 saturated carbocycles. The highest BCUT2D eigenvalue weighted by Gasteiger charge is 2.18. The molecule has 42 heavy (non-hydrogen) atoms. The van der Waals surface area contributed by atoms with Crippen LogP contribution in [0.2, 0.25) is 0 Å². The number of fused-ring (bicyclic) bond motifs is 2. The van der Waals surface area contributed by atoms with E-state index in [9.17, 15) is 0 Å². The van der Waals surface area contributed by atoms with Gasteiger partial charge < -0.3 is 9.47 Å². The molecule has 1 saturated heterocycles. The normalized spacial score (nSPS) is 14.2. The van der Waals surface area contributed by atoms with Crippen LogP contribution in [0.25, 0.3) is 44.6 Å². The second-order valence-corrected chi connectivity index (χ2v) is 10.6. The van der Waals surface area contributed by atoms with Crippen molar-refractivity contribution in [2.45, 2.75) is 13.0 Å². The number of anilines is 1. The van der Waals surface area contributed by atoms with Gasteiger partial charge in [-0.2, -0.15) is 5.26 Å². The SMILES string of the molecule is Cn1cnc2cc3nc(-c4ccccc4)c(-c4ccc(CN5CCCN(c6ccnc(C#N)n6)CC5)cc4)nc3cc21. The van der Waals surface area contributed by atoms with Crippen LogP contribution in [0.15, 0.2) is 85.3 Å². The Labute approximate surface area is 243 Å². The van der Waals surface area contributed by atoms with Gasteiger partial charge in [0.15, 0.2) is 0 Å². The minimum Gasteiger partial charge on any atom is -0.355 e. The first-order chi connectivity index (χ1) is 20.6. The van der Waals surface area contributed by atoms with E-state index in [1.54, 1.807) is 6.20 Å². The Kier molecular flexibility index (Phi) is 6.74. The lowest BCUT2D eigenvalue weighted by molar-refractivity contribution is 0.285. The van der Waals surface area contributed by atoms with Crippen molar-refractivity contribution in [3.05, 3.63) is 96.7 Å². The van der Waals surface area contributed by atoms with Crippen LogP contribution in [0, 0.1) is 11.3 Å². The van der Waals surface area contributed by atoms with Crippen LogP contribution in [0.1, 0.15) is 17.8 Å². The molecular formula is C33H29N9. The fourth-order valence-electron chi connectivity index (χ4n) is 5.64. The Hall–Kier alpha value is -5.20. The number of aromatic nitrogens is 6. The van der Waals surface area contributed by atoms with E-state index in [1.807, 2.05) is 54.3 Å². The molecule has 9 heteroatoms. The van der Waals surface area contributed by atoms with Crippen molar-refractivity contribution < 1.29 is 0 Å². The highest BCUT2D eigenvalue weighted by atomic mass is 15.2. The molecule has 0 spiro atoms. The molecule has 0 N–H and O–H groups in total. The lowest BCUT2D eigenvalue weighted by atomic mass is 10.0. The summed E-state index contributed by atoms with van der Waals surface area (Å²) in [5.41, 5.74) is 8.70. The first-order valence-electron chi connectivity index (χ1n) is 14.1. The van der Waals surface area contributed by atoms with Gasteiger partial charge in [0.05, 0.1) is 39.8 Å². The number of aryl methyl sites for hydroxylation is 1. The summed E-state index contributed by atoms with van der Waals surface area (Å²) in [6.45, 7) is 4.56. The summed E-state index contributed by atoms with van der Waals surface area (Å²) < 4.78 is 2.01. The molecule has 0 bridgehead atoms. The third-order valence-electron chi connectivity index (χ3n) is 7.84. The number of imidazole rings is 1. The monoisotopic (exact) mass is 551 g/mol. The van der Waals surface area contributed by atoms with Gasteiger partial charge in [0, 0.05) is 57.1 Å². The Balaban J connectivity index is 1.15. The predicted molar refractivity (Wildman–Crippen MR) is 164 cm³/mol. The van der Waals surface area contributed by atoms with Crippen molar-refractivity contribution in [2.24, 2.45) is 7.05 Å². The standard InChI is InChI=1S/C33H29N9/c1-40-22-36-28-18-26-27(19-29(28)40)38-33(32(37-26)24-6-3-2-4-7-24)25-10-8-23(9-11-25)21-41-14-5-15-42(17-16-41)31-12-13-35-30(20-34)39-31/h2-4,6-13,18-19,22H,5,14-17,21H2,1H3. The van der Waals surface area contributed by atoms with Gasteiger partial charge >= 0.3 is 0 Å². The molecule has 0 atom stereocenters. The molecule has 9 nitrogen and oxygen atoms in total. The second-order valence-electron chi connectivity index (χ2n) is 10.6. The lowest BCUT2D eigenvalue weighted by Gasteiger charge is -2.22. The first kappa shape index (κ1) is 25.7. The van der Waals surface area contributed by atoms with E-state index in [1.165, 1.54) is 5.56 Å². The molecule has 206 valence electrons. The minimum atomic E-state index is 0.213. The van der Waals surface area contributed by atoms with E-state index in [-0.39, 0.29) is 5.82 Å². The molecular weight excluding hydrogens is 522 g/mol. The molecule has 1 fully saturated rings. The second kappa shape index (κ2) is 11.0. The molecule has 0 unspecified atom stereocenters. The Morgan fingerprint density at radius 2 is 1.52 bits per heavy atom. The average Bonchev–Trinajstić information content (AvgIpc) is 3.23. The van der Waals surface area contributed by atoms with Crippen LogP contribution in [-0.4, -0.2) is 60.6 Å².